The van der Waals surface area contributed by atoms with E-state index in [-0.39, 0.29) is 0 Å². The molecule has 20 heteroatoms. The number of thioether (sulfide) groups is 16. The maximum atomic E-state index is 4.38. The molecule has 17 rings (SSSR count). The third-order valence-electron chi connectivity index (χ3n) is 15.9. The summed E-state index contributed by atoms with van der Waals surface area (Å²) in [6.45, 7) is 19.9. The van der Waals surface area contributed by atoms with Crippen molar-refractivity contribution in [2.75, 3.05) is 0 Å². The molecule has 4 N–H and O–H groups in total. The molecular formula is C60H44N4S16. The molecule has 9 aliphatic rings. The highest BCUT2D eigenvalue weighted by atomic mass is 32.2. The van der Waals surface area contributed by atoms with Crippen molar-refractivity contribution in [3.63, 3.8) is 0 Å². The molecule has 0 amide bonds. The topological polar surface area (TPSA) is 63.2 Å². The zero-order chi connectivity index (χ0) is 53.9. The third-order valence-corrected chi connectivity index (χ3v) is 38.7. The van der Waals surface area contributed by atoms with Crippen molar-refractivity contribution in [3.05, 3.63) is 177 Å². The number of H-pyrrole nitrogens is 4. The van der Waals surface area contributed by atoms with Crippen LogP contribution >= 0.6 is 188 Å². The number of hydrogen-bond acceptors (Lipinski definition) is 16. The summed E-state index contributed by atoms with van der Waals surface area (Å²) in [7, 11) is 0. The highest BCUT2D eigenvalue weighted by Crippen LogP contribution is 2.72. The summed E-state index contributed by atoms with van der Waals surface area (Å²) in [5, 5.41) is 0. The molecule has 4 aromatic heterocycles. The summed E-state index contributed by atoms with van der Waals surface area (Å²) in [5.41, 5.74) is 8.42. The lowest BCUT2D eigenvalue weighted by atomic mass is 9.85. The fourth-order valence-corrected chi connectivity index (χ4v) is 34.8. The molecule has 400 valence electrons. The lowest BCUT2D eigenvalue weighted by Gasteiger charge is -2.30. The SMILES string of the molecule is CC1(C)c2[nH]c(c3c2SC(=C2Sc4ccccc4S2)S3)C(C)(C)c2[nH]c(c3c2SC(=C2Sc4ccccc4S2)S3)C(C)(C)c2[nH]c(c3c2SC(=C2Sc4ccccc4S2)S3)C(C)(C)c2[nH]c1c1c2SC(=C2Sc3ccccc3S2)S1. The maximum absolute atomic E-state index is 4.38. The molecule has 0 atom stereocenters. The van der Waals surface area contributed by atoms with E-state index in [1.54, 1.807) is 0 Å². The van der Waals surface area contributed by atoms with Crippen LogP contribution in [0.2, 0.25) is 0 Å². The van der Waals surface area contributed by atoms with Gasteiger partial charge in [-0.05, 0) is 104 Å². The molecule has 80 heavy (non-hydrogen) atoms. The van der Waals surface area contributed by atoms with Crippen molar-refractivity contribution < 1.29 is 0 Å². The summed E-state index contributed by atoms with van der Waals surface area (Å²) in [5.74, 6) is 0. The van der Waals surface area contributed by atoms with Crippen molar-refractivity contribution in [2.24, 2.45) is 0 Å². The van der Waals surface area contributed by atoms with Gasteiger partial charge in [0, 0.05) is 146 Å². The minimum absolute atomic E-state index is 0.455. The third kappa shape index (κ3) is 7.94. The first-order valence-electron chi connectivity index (χ1n) is 25.8. The molecule has 4 nitrogen and oxygen atoms in total. The van der Waals surface area contributed by atoms with E-state index in [1.807, 2.05) is 188 Å². The average Bonchev–Trinajstić information content (AvgIpc) is 4.44. The van der Waals surface area contributed by atoms with Crippen molar-refractivity contribution >= 4 is 188 Å². The Bertz CT molecular complexity index is 3510. The van der Waals surface area contributed by atoms with Gasteiger partial charge in [0.05, 0.1) is 33.9 Å². The van der Waals surface area contributed by atoms with E-state index in [9.17, 15) is 0 Å². The predicted octanol–water partition coefficient (Wildman–Crippen LogP) is 23.5. The van der Waals surface area contributed by atoms with Crippen LogP contribution in [0.4, 0.5) is 0 Å². The van der Waals surface area contributed by atoms with Gasteiger partial charge in [0.1, 0.15) is 0 Å². The van der Waals surface area contributed by atoms with Gasteiger partial charge in [-0.2, -0.15) is 0 Å². The quantitative estimate of drug-likeness (QED) is 0.116. The van der Waals surface area contributed by atoms with Crippen LogP contribution in [0.3, 0.4) is 0 Å². The van der Waals surface area contributed by atoms with Gasteiger partial charge in [0.15, 0.2) is 0 Å². The Morgan fingerprint density at radius 1 is 0.200 bits per heavy atom. The first-order chi connectivity index (χ1) is 38.6. The zero-order valence-corrected chi connectivity index (χ0v) is 56.8. The Morgan fingerprint density at radius 2 is 0.325 bits per heavy atom. The van der Waals surface area contributed by atoms with Gasteiger partial charge in [0.25, 0.3) is 0 Å². The van der Waals surface area contributed by atoms with E-state index in [0.717, 1.165) is 0 Å². The number of hydrogen-bond donors (Lipinski definition) is 4. The average molecular weight is 1330 g/mol. The van der Waals surface area contributed by atoms with Crippen LogP contribution in [-0.4, -0.2) is 19.9 Å². The molecule has 0 spiro atoms. The molecule has 0 aliphatic carbocycles. The van der Waals surface area contributed by atoms with E-state index in [0.29, 0.717) is 0 Å². The van der Waals surface area contributed by atoms with Crippen molar-refractivity contribution in [1.82, 2.24) is 19.9 Å². The van der Waals surface area contributed by atoms with Gasteiger partial charge in [-0.3, -0.25) is 0 Å². The fraction of sp³-hybridized carbons (Fsp3) is 0.200. The molecule has 13 heterocycles. The normalized spacial score (nSPS) is 20.9. The number of benzene rings is 4. The molecule has 9 aliphatic heterocycles. The second-order valence-corrected chi connectivity index (χ2v) is 41.0. The van der Waals surface area contributed by atoms with Gasteiger partial charge in [-0.15, -0.1) is 0 Å². The van der Waals surface area contributed by atoms with Crippen LogP contribution in [0.1, 0.15) is 101 Å². The first-order valence-corrected chi connectivity index (χ1v) is 38.9. The van der Waals surface area contributed by atoms with E-state index >= 15 is 0 Å². The second-order valence-electron chi connectivity index (χ2n) is 22.4. The molecule has 0 saturated heterocycles. The minimum atomic E-state index is -0.455. The lowest BCUT2D eigenvalue weighted by Crippen LogP contribution is -2.27. The largest absolute Gasteiger partial charge is 0.359 e. The molecule has 0 fully saturated rings. The summed E-state index contributed by atoms with van der Waals surface area (Å²) in [6.07, 6.45) is 0. The van der Waals surface area contributed by atoms with Crippen LogP contribution in [0.15, 0.2) is 209 Å². The number of aromatic nitrogens is 4. The summed E-state index contributed by atoms with van der Waals surface area (Å²) in [6, 6.07) is 35.7. The smallest absolute Gasteiger partial charge is 0.0707 e. The summed E-state index contributed by atoms with van der Waals surface area (Å²) in [4.78, 5) is 39.2. The Labute approximate surface area is 533 Å². The molecular weight excluding hydrogens is 1290 g/mol. The van der Waals surface area contributed by atoms with E-state index in [2.05, 4.69) is 172 Å². The predicted molar refractivity (Wildman–Crippen MR) is 359 cm³/mol. The second kappa shape index (κ2) is 19.0. The van der Waals surface area contributed by atoms with Crippen LogP contribution in [0.5, 0.6) is 0 Å². The Kier molecular flexibility index (Phi) is 12.6. The Hall–Kier alpha value is -1.44. The first kappa shape index (κ1) is 52.9. The van der Waals surface area contributed by atoms with E-state index in [1.165, 1.54) is 158 Å². The Balaban J connectivity index is 0.896. The Morgan fingerprint density at radius 3 is 0.463 bits per heavy atom. The standard InChI is InChI=1S/C60H44N4S16/c1-57(2)41-33-35(75-53(73-33)49-65-25-17-9-10-18-26(25)66-49)43(61-41)58(3,4)45-37-39(79-55(77-37)51-69-29-21-13-14-22-30(29)70-51)47(63-45)60(7,8)48-40-38(78-56(80-40)52-71-31-23-15-16-24-32(31)72-52)46(64-48)59(5,6)44-36-34(42(57)62-44)74-54(76-36)50-67-27-19-11-12-20-28(27)68-50/h9-24,61-64H,1-8H3. The minimum Gasteiger partial charge on any atom is -0.359 e. The monoisotopic (exact) mass is 1330 g/mol. The molecule has 0 unspecified atom stereocenters. The molecule has 8 aromatic rings. The van der Waals surface area contributed by atoms with Crippen molar-refractivity contribution in [2.45, 2.75) is 155 Å². The fourth-order valence-electron chi connectivity index (χ4n) is 11.5. The van der Waals surface area contributed by atoms with Crippen molar-refractivity contribution in [1.29, 1.82) is 0 Å². The lowest BCUT2D eigenvalue weighted by molar-refractivity contribution is 0.533. The van der Waals surface area contributed by atoms with Gasteiger partial charge in [-0.1, -0.05) is 237 Å². The molecule has 8 bridgehead atoms. The van der Waals surface area contributed by atoms with Crippen LogP contribution in [0, 0.1) is 0 Å². The van der Waals surface area contributed by atoms with Gasteiger partial charge in [0.2, 0.25) is 0 Å². The van der Waals surface area contributed by atoms with Gasteiger partial charge < -0.3 is 19.9 Å². The van der Waals surface area contributed by atoms with E-state index in [4.69, 9.17) is 0 Å². The maximum Gasteiger partial charge on any atom is 0.0707 e. The number of nitrogens with one attached hydrogen (secondary N) is 4. The number of aromatic amines is 4. The number of rotatable bonds is 0. The molecule has 0 saturated carbocycles. The van der Waals surface area contributed by atoms with Crippen molar-refractivity contribution in [3.8, 4) is 0 Å². The van der Waals surface area contributed by atoms with Crippen LogP contribution in [-0.2, 0) is 21.7 Å². The molecule has 4 aromatic carbocycles. The molecule has 0 radical (unpaired) electrons. The van der Waals surface area contributed by atoms with Gasteiger partial charge in [-0.25, -0.2) is 0 Å². The van der Waals surface area contributed by atoms with Crippen LogP contribution in [0.25, 0.3) is 0 Å². The highest BCUT2D eigenvalue weighted by molar-refractivity contribution is 8.33. The van der Waals surface area contributed by atoms with E-state index < -0.39 is 21.7 Å². The number of fused-ring (bicyclic) bond motifs is 24. The summed E-state index contributed by atoms with van der Waals surface area (Å²) >= 11 is 31.4. The van der Waals surface area contributed by atoms with Gasteiger partial charge >= 0.3 is 0 Å². The van der Waals surface area contributed by atoms with Crippen LogP contribution < -0.4 is 0 Å². The highest BCUT2D eigenvalue weighted by Gasteiger charge is 2.51. The summed E-state index contributed by atoms with van der Waals surface area (Å²) < 4.78 is 11.1. The zero-order valence-electron chi connectivity index (χ0n) is 43.8.